The highest BCUT2D eigenvalue weighted by molar-refractivity contribution is 5.89. The van der Waals surface area contributed by atoms with E-state index in [-0.39, 0.29) is 11.8 Å². The number of urea groups is 1. The molecule has 2 amide bonds. The lowest BCUT2D eigenvalue weighted by Gasteiger charge is -2.23. The number of carbonyl (C=O) groups is 1. The number of methoxy groups -OCH3 is 1. The fourth-order valence-electron chi connectivity index (χ4n) is 2.34. The zero-order valence-corrected chi connectivity index (χ0v) is 13.9. The minimum Gasteiger partial charge on any atom is -0.385 e. The predicted molar refractivity (Wildman–Crippen MR) is 93.4 cm³/mol. The molecule has 0 aliphatic heterocycles. The second-order valence-electron chi connectivity index (χ2n) is 5.54. The first-order valence-electron chi connectivity index (χ1n) is 8.03. The molecule has 0 saturated heterocycles. The van der Waals surface area contributed by atoms with Crippen LogP contribution < -0.4 is 5.32 Å². The highest BCUT2D eigenvalue weighted by atomic mass is 19.1. The number of nitrogens with zero attached hydrogens (tertiary/aromatic N) is 1. The van der Waals surface area contributed by atoms with Crippen LogP contribution in [-0.2, 0) is 11.3 Å². The number of unbranched alkanes of at least 4 members (excludes halogenated alkanes) is 1. The Morgan fingerprint density at radius 3 is 2.46 bits per heavy atom. The average Bonchev–Trinajstić information content (AvgIpc) is 2.60. The molecule has 0 heterocycles. The number of hydrogen-bond acceptors (Lipinski definition) is 2. The summed E-state index contributed by atoms with van der Waals surface area (Å²) in [6, 6.07) is 15.4. The van der Waals surface area contributed by atoms with Crippen molar-refractivity contribution in [2.45, 2.75) is 19.4 Å². The quantitative estimate of drug-likeness (QED) is 0.734. The van der Waals surface area contributed by atoms with Crippen LogP contribution in [0.3, 0.4) is 0 Å². The lowest BCUT2D eigenvalue weighted by atomic mass is 10.2. The summed E-state index contributed by atoms with van der Waals surface area (Å²) in [5, 5.41) is 2.82. The molecule has 0 spiro atoms. The fourth-order valence-corrected chi connectivity index (χ4v) is 2.34. The summed E-state index contributed by atoms with van der Waals surface area (Å²) < 4.78 is 18.0. The molecule has 0 aliphatic carbocycles. The third-order valence-corrected chi connectivity index (χ3v) is 3.63. The fraction of sp³-hybridized carbons (Fsp3) is 0.316. The highest BCUT2D eigenvalue weighted by Crippen LogP contribution is 2.12. The maximum absolute atomic E-state index is 13.0. The molecule has 0 unspecified atom stereocenters. The summed E-state index contributed by atoms with van der Waals surface area (Å²) in [4.78, 5) is 14.3. The molecule has 1 N–H and O–H groups in total. The van der Waals surface area contributed by atoms with Crippen LogP contribution >= 0.6 is 0 Å². The van der Waals surface area contributed by atoms with Crippen LogP contribution in [0.1, 0.15) is 18.4 Å². The van der Waals surface area contributed by atoms with Crippen LogP contribution in [0.15, 0.2) is 54.6 Å². The van der Waals surface area contributed by atoms with Gasteiger partial charge in [-0.25, -0.2) is 9.18 Å². The van der Waals surface area contributed by atoms with Crippen molar-refractivity contribution >= 4 is 11.7 Å². The summed E-state index contributed by atoms with van der Waals surface area (Å²) in [7, 11) is 1.67. The number of ether oxygens (including phenoxy) is 1. The van der Waals surface area contributed by atoms with E-state index < -0.39 is 0 Å². The number of halogens is 1. The molecular weight excluding hydrogens is 307 g/mol. The summed E-state index contributed by atoms with van der Waals surface area (Å²) in [5.74, 6) is -0.325. The van der Waals surface area contributed by atoms with Crippen molar-refractivity contribution in [3.05, 3.63) is 66.0 Å². The van der Waals surface area contributed by atoms with Crippen LogP contribution in [0.5, 0.6) is 0 Å². The Kier molecular flexibility index (Phi) is 7.23. The van der Waals surface area contributed by atoms with Gasteiger partial charge in [0.25, 0.3) is 0 Å². The van der Waals surface area contributed by atoms with Gasteiger partial charge in [0.2, 0.25) is 0 Å². The number of hydrogen-bond donors (Lipinski definition) is 1. The lowest BCUT2D eigenvalue weighted by Crippen LogP contribution is -2.35. The molecule has 4 nitrogen and oxygen atoms in total. The van der Waals surface area contributed by atoms with Gasteiger partial charge >= 0.3 is 6.03 Å². The normalized spacial score (nSPS) is 10.4. The van der Waals surface area contributed by atoms with Crippen molar-refractivity contribution in [2.75, 3.05) is 25.6 Å². The molecule has 24 heavy (non-hydrogen) atoms. The third-order valence-electron chi connectivity index (χ3n) is 3.63. The Morgan fingerprint density at radius 2 is 1.79 bits per heavy atom. The van der Waals surface area contributed by atoms with E-state index in [9.17, 15) is 9.18 Å². The molecule has 2 aromatic carbocycles. The highest BCUT2D eigenvalue weighted by Gasteiger charge is 2.14. The number of amides is 2. The zero-order chi connectivity index (χ0) is 17.2. The van der Waals surface area contributed by atoms with Gasteiger partial charge in [0, 0.05) is 32.5 Å². The first-order valence-corrected chi connectivity index (χ1v) is 8.03. The van der Waals surface area contributed by atoms with Gasteiger partial charge in [0.15, 0.2) is 0 Å². The van der Waals surface area contributed by atoms with E-state index in [2.05, 4.69) is 5.32 Å². The Bertz CT molecular complexity index is 617. The largest absolute Gasteiger partial charge is 0.385 e. The van der Waals surface area contributed by atoms with E-state index >= 15 is 0 Å². The minimum absolute atomic E-state index is 0.192. The maximum atomic E-state index is 13.0. The molecule has 128 valence electrons. The lowest BCUT2D eigenvalue weighted by molar-refractivity contribution is 0.182. The van der Waals surface area contributed by atoms with Crippen LogP contribution in [0.4, 0.5) is 14.9 Å². The van der Waals surface area contributed by atoms with Gasteiger partial charge in [0.1, 0.15) is 5.82 Å². The SMILES string of the molecule is COCCCCN(Cc1ccccc1)C(=O)Nc1ccc(F)cc1. The Labute approximate surface area is 142 Å². The molecule has 0 aromatic heterocycles. The van der Waals surface area contributed by atoms with Gasteiger partial charge in [-0.15, -0.1) is 0 Å². The van der Waals surface area contributed by atoms with Crippen LogP contribution in [0.2, 0.25) is 0 Å². The van der Waals surface area contributed by atoms with Crippen LogP contribution in [0, 0.1) is 5.82 Å². The molecule has 0 saturated carbocycles. The van der Waals surface area contributed by atoms with Gasteiger partial charge in [0.05, 0.1) is 0 Å². The average molecular weight is 330 g/mol. The zero-order valence-electron chi connectivity index (χ0n) is 13.9. The van der Waals surface area contributed by atoms with Crippen molar-refractivity contribution in [1.82, 2.24) is 4.90 Å². The Hall–Kier alpha value is -2.40. The molecule has 0 aliphatic rings. The molecule has 5 heteroatoms. The van der Waals surface area contributed by atoms with E-state index in [1.807, 2.05) is 30.3 Å². The van der Waals surface area contributed by atoms with Crippen molar-refractivity contribution in [3.63, 3.8) is 0 Å². The van der Waals surface area contributed by atoms with E-state index in [1.165, 1.54) is 12.1 Å². The number of rotatable bonds is 8. The second-order valence-corrected chi connectivity index (χ2v) is 5.54. The van der Waals surface area contributed by atoms with Gasteiger partial charge in [-0.1, -0.05) is 30.3 Å². The predicted octanol–water partition coefficient (Wildman–Crippen LogP) is 4.29. The standard InChI is InChI=1S/C19H23FN2O2/c1-24-14-6-5-13-22(15-16-7-3-2-4-8-16)19(23)21-18-11-9-17(20)10-12-18/h2-4,7-12H,5-6,13-15H2,1H3,(H,21,23). The summed E-state index contributed by atoms with van der Waals surface area (Å²) in [6.07, 6.45) is 1.75. The second kappa shape index (κ2) is 9.67. The first kappa shape index (κ1) is 17.9. The summed E-state index contributed by atoms with van der Waals surface area (Å²) >= 11 is 0. The van der Waals surface area contributed by atoms with Gasteiger partial charge in [-0.3, -0.25) is 0 Å². The molecule has 2 rings (SSSR count). The topological polar surface area (TPSA) is 41.6 Å². The number of benzene rings is 2. The van der Waals surface area contributed by atoms with E-state index in [0.717, 1.165) is 18.4 Å². The van der Waals surface area contributed by atoms with Crippen molar-refractivity contribution < 1.29 is 13.9 Å². The number of carbonyl (C=O) groups excluding carboxylic acids is 1. The molecule has 0 bridgehead atoms. The summed E-state index contributed by atoms with van der Waals surface area (Å²) in [6.45, 7) is 1.84. The molecule has 2 aromatic rings. The minimum atomic E-state index is -0.325. The molecule has 0 fully saturated rings. The molecule has 0 atom stereocenters. The van der Waals surface area contributed by atoms with Gasteiger partial charge in [-0.2, -0.15) is 0 Å². The first-order chi connectivity index (χ1) is 11.7. The van der Waals surface area contributed by atoms with Crippen molar-refractivity contribution in [3.8, 4) is 0 Å². The monoisotopic (exact) mass is 330 g/mol. The Morgan fingerprint density at radius 1 is 1.08 bits per heavy atom. The molecular formula is C19H23FN2O2. The summed E-state index contributed by atoms with van der Waals surface area (Å²) in [5.41, 5.74) is 1.65. The van der Waals surface area contributed by atoms with Crippen LogP contribution in [-0.4, -0.2) is 31.2 Å². The van der Waals surface area contributed by atoms with E-state index in [1.54, 1.807) is 24.1 Å². The van der Waals surface area contributed by atoms with Gasteiger partial charge in [-0.05, 0) is 42.7 Å². The van der Waals surface area contributed by atoms with Crippen molar-refractivity contribution in [1.29, 1.82) is 0 Å². The third kappa shape index (κ3) is 6.01. The Balaban J connectivity index is 1.99. The maximum Gasteiger partial charge on any atom is 0.322 e. The number of anilines is 1. The molecule has 0 radical (unpaired) electrons. The van der Waals surface area contributed by atoms with Crippen LogP contribution in [0.25, 0.3) is 0 Å². The smallest absolute Gasteiger partial charge is 0.322 e. The van der Waals surface area contributed by atoms with E-state index in [0.29, 0.717) is 25.4 Å². The number of nitrogens with one attached hydrogen (secondary N) is 1. The van der Waals surface area contributed by atoms with Crippen molar-refractivity contribution in [2.24, 2.45) is 0 Å². The van der Waals surface area contributed by atoms with E-state index in [4.69, 9.17) is 4.74 Å². The van der Waals surface area contributed by atoms with Gasteiger partial charge < -0.3 is 15.0 Å².